The van der Waals surface area contributed by atoms with Crippen LogP contribution in [-0.4, -0.2) is 37.4 Å². The number of halogens is 3. The van der Waals surface area contributed by atoms with E-state index in [0.29, 0.717) is 17.0 Å². The number of rotatable bonds is 6. The molecule has 0 atom stereocenters. The molecule has 0 fully saturated rings. The van der Waals surface area contributed by atoms with Gasteiger partial charge in [0.25, 0.3) is 0 Å². The highest BCUT2D eigenvalue weighted by Crippen LogP contribution is 2.29. The van der Waals surface area contributed by atoms with Crippen LogP contribution in [0.4, 0.5) is 18.9 Å². The Kier molecular flexibility index (Phi) is 6.44. The number of benzene rings is 2. The monoisotopic (exact) mass is 380 g/mol. The van der Waals surface area contributed by atoms with Crippen LogP contribution >= 0.6 is 0 Å². The molecule has 2 aromatic rings. The topological polar surface area (TPSA) is 58.6 Å². The van der Waals surface area contributed by atoms with Gasteiger partial charge in [0.05, 0.1) is 25.6 Å². The second-order valence-corrected chi connectivity index (χ2v) is 5.90. The summed E-state index contributed by atoms with van der Waals surface area (Å²) in [5, 5.41) is 2.65. The molecule has 0 heterocycles. The van der Waals surface area contributed by atoms with Crippen LogP contribution in [0, 0.1) is 0 Å². The summed E-state index contributed by atoms with van der Waals surface area (Å²) in [6.07, 6.45) is -4.51. The number of carbonyl (C=O) groups excluding carboxylic acids is 2. The van der Waals surface area contributed by atoms with E-state index in [1.165, 1.54) is 31.2 Å². The van der Waals surface area contributed by atoms with Crippen LogP contribution in [0.25, 0.3) is 0 Å². The van der Waals surface area contributed by atoms with Gasteiger partial charge < -0.3 is 15.0 Å². The van der Waals surface area contributed by atoms with Crippen molar-refractivity contribution in [1.29, 1.82) is 0 Å². The summed E-state index contributed by atoms with van der Waals surface area (Å²) in [6.45, 7) is -0.175. The number of methoxy groups -OCH3 is 1. The van der Waals surface area contributed by atoms with Crippen molar-refractivity contribution in [3.8, 4) is 5.75 Å². The van der Waals surface area contributed by atoms with E-state index in [2.05, 4.69) is 5.32 Å². The van der Waals surface area contributed by atoms with E-state index in [1.54, 1.807) is 24.3 Å². The van der Waals surface area contributed by atoms with Gasteiger partial charge >= 0.3 is 6.18 Å². The molecule has 0 bridgehead atoms. The Morgan fingerprint density at radius 2 is 1.63 bits per heavy atom. The van der Waals surface area contributed by atoms with Gasteiger partial charge in [0.15, 0.2) is 0 Å². The first-order valence-corrected chi connectivity index (χ1v) is 8.03. The van der Waals surface area contributed by atoms with E-state index in [9.17, 15) is 22.8 Å². The Morgan fingerprint density at radius 3 is 2.15 bits per heavy atom. The number of likely N-dealkylation sites (N-methyl/N-ethyl adjacent to an activating group) is 1. The molecule has 0 aromatic heterocycles. The molecule has 2 aromatic carbocycles. The molecule has 27 heavy (non-hydrogen) atoms. The summed E-state index contributed by atoms with van der Waals surface area (Å²) in [5.41, 5.74) is 0.228. The average molecular weight is 380 g/mol. The summed E-state index contributed by atoms with van der Waals surface area (Å²) in [7, 11) is 2.99. The first-order chi connectivity index (χ1) is 12.7. The molecule has 0 unspecified atom stereocenters. The summed E-state index contributed by atoms with van der Waals surface area (Å²) < 4.78 is 42.7. The number of alkyl halides is 3. The van der Waals surface area contributed by atoms with Crippen LogP contribution in [0.15, 0.2) is 48.5 Å². The number of hydrogen-bond acceptors (Lipinski definition) is 3. The summed E-state index contributed by atoms with van der Waals surface area (Å²) in [5.74, 6) is -0.111. The maximum Gasteiger partial charge on any atom is 0.416 e. The highest BCUT2D eigenvalue weighted by molar-refractivity contribution is 5.94. The molecule has 0 aliphatic rings. The molecule has 1 N–H and O–H groups in total. The zero-order valence-electron chi connectivity index (χ0n) is 14.8. The third-order valence-electron chi connectivity index (χ3n) is 3.82. The first-order valence-electron chi connectivity index (χ1n) is 8.03. The average Bonchev–Trinajstić information content (AvgIpc) is 2.62. The number of nitrogens with one attached hydrogen (secondary N) is 1. The largest absolute Gasteiger partial charge is 0.497 e. The molecule has 5 nitrogen and oxygen atoms in total. The minimum atomic E-state index is -4.42. The van der Waals surface area contributed by atoms with Crippen molar-refractivity contribution in [2.24, 2.45) is 0 Å². The fraction of sp³-hybridized carbons (Fsp3) is 0.263. The molecular weight excluding hydrogens is 361 g/mol. The zero-order chi connectivity index (χ0) is 20.0. The fourth-order valence-electron chi connectivity index (χ4n) is 2.30. The van der Waals surface area contributed by atoms with Crippen LogP contribution in [0.5, 0.6) is 5.75 Å². The minimum Gasteiger partial charge on any atom is -0.497 e. The fourth-order valence-corrected chi connectivity index (χ4v) is 2.30. The number of hydrogen-bond donors (Lipinski definition) is 1. The molecule has 144 valence electrons. The number of ether oxygens (including phenoxy) is 1. The van der Waals surface area contributed by atoms with Gasteiger partial charge in [0.2, 0.25) is 11.8 Å². The second kappa shape index (κ2) is 8.57. The standard InChI is InChI=1S/C19H19F3N2O3/c1-24(12-17(25)23-15-7-9-16(27-2)10-8-15)18(26)11-13-3-5-14(6-4-13)19(20,21)22/h3-10H,11-12H2,1-2H3,(H,23,25). The predicted molar refractivity (Wildman–Crippen MR) is 94.4 cm³/mol. The van der Waals surface area contributed by atoms with Crippen LogP contribution in [-0.2, 0) is 22.2 Å². The predicted octanol–water partition coefficient (Wildman–Crippen LogP) is 3.35. The van der Waals surface area contributed by atoms with Crippen molar-refractivity contribution in [2.75, 3.05) is 26.0 Å². The number of anilines is 1. The smallest absolute Gasteiger partial charge is 0.416 e. The van der Waals surface area contributed by atoms with Gasteiger partial charge in [-0.1, -0.05) is 12.1 Å². The number of nitrogens with zero attached hydrogens (tertiary/aromatic N) is 1. The molecule has 0 aliphatic heterocycles. The lowest BCUT2D eigenvalue weighted by atomic mass is 10.1. The molecule has 2 rings (SSSR count). The highest BCUT2D eigenvalue weighted by Gasteiger charge is 2.30. The Morgan fingerprint density at radius 1 is 1.04 bits per heavy atom. The van der Waals surface area contributed by atoms with Crippen LogP contribution in [0.2, 0.25) is 0 Å². The van der Waals surface area contributed by atoms with Gasteiger partial charge in [0, 0.05) is 12.7 Å². The van der Waals surface area contributed by atoms with Crippen molar-refractivity contribution in [3.05, 3.63) is 59.7 Å². The van der Waals surface area contributed by atoms with Crippen LogP contribution < -0.4 is 10.1 Å². The maximum atomic E-state index is 12.5. The highest BCUT2D eigenvalue weighted by atomic mass is 19.4. The minimum absolute atomic E-state index is 0.0928. The third-order valence-corrected chi connectivity index (χ3v) is 3.82. The lowest BCUT2D eigenvalue weighted by Gasteiger charge is -2.17. The number of carbonyl (C=O) groups is 2. The Hall–Kier alpha value is -3.03. The van der Waals surface area contributed by atoms with Crippen molar-refractivity contribution in [3.63, 3.8) is 0 Å². The van der Waals surface area contributed by atoms with Crippen molar-refractivity contribution in [2.45, 2.75) is 12.6 Å². The summed E-state index contributed by atoms with van der Waals surface area (Å²) in [6, 6.07) is 11.1. The van der Waals surface area contributed by atoms with E-state index in [4.69, 9.17) is 4.74 Å². The van der Waals surface area contributed by atoms with Gasteiger partial charge in [0.1, 0.15) is 5.75 Å². The van der Waals surface area contributed by atoms with Gasteiger partial charge in [-0.2, -0.15) is 13.2 Å². The number of amides is 2. The van der Waals surface area contributed by atoms with Crippen molar-refractivity contribution < 1.29 is 27.5 Å². The third kappa shape index (κ3) is 6.02. The molecule has 0 saturated carbocycles. The van der Waals surface area contributed by atoms with E-state index in [-0.39, 0.29) is 24.8 Å². The Balaban J connectivity index is 1.87. The lowest BCUT2D eigenvalue weighted by molar-refractivity contribution is -0.137. The van der Waals surface area contributed by atoms with E-state index < -0.39 is 11.7 Å². The van der Waals surface area contributed by atoms with Crippen molar-refractivity contribution >= 4 is 17.5 Å². The molecular formula is C19H19F3N2O3. The van der Waals surface area contributed by atoms with E-state index in [0.717, 1.165) is 12.1 Å². The maximum absolute atomic E-state index is 12.5. The van der Waals surface area contributed by atoms with Crippen LogP contribution in [0.1, 0.15) is 11.1 Å². The molecule has 0 saturated heterocycles. The Labute approximate surface area is 154 Å². The van der Waals surface area contributed by atoms with Crippen molar-refractivity contribution in [1.82, 2.24) is 4.90 Å². The summed E-state index contributed by atoms with van der Waals surface area (Å²) >= 11 is 0. The molecule has 2 amide bonds. The van der Waals surface area contributed by atoms with Gasteiger partial charge in [-0.15, -0.1) is 0 Å². The first kappa shape index (κ1) is 20.3. The Bertz CT molecular complexity index is 787. The molecule has 8 heteroatoms. The quantitative estimate of drug-likeness (QED) is 0.836. The van der Waals surface area contributed by atoms with Gasteiger partial charge in [-0.25, -0.2) is 0 Å². The normalized spacial score (nSPS) is 11.0. The van der Waals surface area contributed by atoms with Crippen LogP contribution in [0.3, 0.4) is 0 Å². The molecule has 0 spiro atoms. The van der Waals surface area contributed by atoms with Gasteiger partial charge in [-0.05, 0) is 42.0 Å². The SMILES string of the molecule is COc1ccc(NC(=O)CN(C)C(=O)Cc2ccc(C(F)(F)F)cc2)cc1. The van der Waals surface area contributed by atoms with E-state index in [1.807, 2.05) is 0 Å². The second-order valence-electron chi connectivity index (χ2n) is 5.90. The zero-order valence-corrected chi connectivity index (χ0v) is 14.8. The lowest BCUT2D eigenvalue weighted by Crippen LogP contribution is -2.35. The molecule has 0 radical (unpaired) electrons. The summed E-state index contributed by atoms with van der Waals surface area (Å²) in [4.78, 5) is 25.4. The van der Waals surface area contributed by atoms with Gasteiger partial charge in [-0.3, -0.25) is 9.59 Å². The molecule has 0 aliphatic carbocycles. The van der Waals surface area contributed by atoms with E-state index >= 15 is 0 Å².